The first kappa shape index (κ1) is 12.6. The van der Waals surface area contributed by atoms with Crippen LogP contribution in [0.1, 0.15) is 25.0 Å². The molecule has 0 aromatic carbocycles. The van der Waals surface area contributed by atoms with Crippen LogP contribution in [0.5, 0.6) is 0 Å². The van der Waals surface area contributed by atoms with Crippen molar-refractivity contribution >= 4 is 15.9 Å². The van der Waals surface area contributed by atoms with Gasteiger partial charge in [0.1, 0.15) is 0 Å². The van der Waals surface area contributed by atoms with Gasteiger partial charge >= 0.3 is 0 Å². The molecule has 2 fully saturated rings. The number of fused-ring (bicyclic) bond motifs is 1. The predicted octanol–water partition coefficient (Wildman–Crippen LogP) is 1.74. The quantitative estimate of drug-likeness (QED) is 0.905. The number of hydrogen-bond donors (Lipinski definition) is 1. The van der Waals surface area contributed by atoms with Gasteiger partial charge in [0, 0.05) is 32.7 Å². The van der Waals surface area contributed by atoms with Gasteiger partial charge in [-0.1, -0.05) is 6.42 Å². The smallest absolute Gasteiger partial charge is 0.0663 e. The van der Waals surface area contributed by atoms with Crippen LogP contribution in [0.15, 0.2) is 10.7 Å². The molecule has 2 aliphatic rings. The van der Waals surface area contributed by atoms with Crippen LogP contribution >= 0.6 is 15.9 Å². The number of nitrogens with two attached hydrogens (primary N) is 1. The van der Waals surface area contributed by atoms with Gasteiger partial charge in [-0.15, -0.1) is 0 Å². The first-order chi connectivity index (χ1) is 8.65. The molecule has 3 rings (SSSR count). The first-order valence-corrected chi connectivity index (χ1v) is 7.58. The number of rotatable bonds is 2. The van der Waals surface area contributed by atoms with Crippen LogP contribution in [0, 0.1) is 11.8 Å². The molecule has 0 radical (unpaired) electrons. The van der Waals surface area contributed by atoms with Crippen LogP contribution in [0.25, 0.3) is 0 Å². The third kappa shape index (κ3) is 2.24. The van der Waals surface area contributed by atoms with E-state index in [1.165, 1.54) is 31.5 Å². The molecule has 1 saturated carbocycles. The van der Waals surface area contributed by atoms with Crippen molar-refractivity contribution < 1.29 is 0 Å². The summed E-state index contributed by atoms with van der Waals surface area (Å²) in [5.41, 5.74) is 7.53. The molecule has 0 spiro atoms. The maximum atomic E-state index is 6.26. The van der Waals surface area contributed by atoms with Gasteiger partial charge in [-0.3, -0.25) is 9.58 Å². The number of halogens is 1. The van der Waals surface area contributed by atoms with Crippen molar-refractivity contribution in [3.8, 4) is 0 Å². The second kappa shape index (κ2) is 4.94. The zero-order valence-electron chi connectivity index (χ0n) is 10.8. The molecule has 2 N–H and O–H groups in total. The molecule has 3 atom stereocenters. The average molecular weight is 313 g/mol. The van der Waals surface area contributed by atoms with Crippen molar-refractivity contribution in [2.75, 3.05) is 13.1 Å². The summed E-state index contributed by atoms with van der Waals surface area (Å²) >= 11 is 3.58. The van der Waals surface area contributed by atoms with E-state index in [-0.39, 0.29) is 0 Å². The third-order valence-electron chi connectivity index (χ3n) is 4.61. The van der Waals surface area contributed by atoms with Crippen molar-refractivity contribution in [2.24, 2.45) is 24.6 Å². The summed E-state index contributed by atoms with van der Waals surface area (Å²) in [4.78, 5) is 2.54. The lowest BCUT2D eigenvalue weighted by atomic mass is 9.78. The Morgan fingerprint density at radius 3 is 2.94 bits per heavy atom. The lowest BCUT2D eigenvalue weighted by Gasteiger charge is -2.29. The molecular weight excluding hydrogens is 292 g/mol. The van der Waals surface area contributed by atoms with E-state index in [2.05, 4.69) is 25.9 Å². The van der Waals surface area contributed by atoms with Gasteiger partial charge in [0.25, 0.3) is 0 Å². The van der Waals surface area contributed by atoms with E-state index < -0.39 is 0 Å². The monoisotopic (exact) mass is 312 g/mol. The zero-order valence-corrected chi connectivity index (χ0v) is 12.4. The highest BCUT2D eigenvalue weighted by Crippen LogP contribution is 2.36. The summed E-state index contributed by atoms with van der Waals surface area (Å²) < 4.78 is 3.08. The first-order valence-electron chi connectivity index (χ1n) is 6.79. The fraction of sp³-hybridized carbons (Fsp3) is 0.769. The Kier molecular flexibility index (Phi) is 3.47. The maximum absolute atomic E-state index is 6.26. The fourth-order valence-electron chi connectivity index (χ4n) is 3.56. The predicted molar refractivity (Wildman–Crippen MR) is 75.0 cm³/mol. The van der Waals surface area contributed by atoms with Crippen molar-refractivity contribution in [3.05, 3.63) is 16.4 Å². The molecule has 3 unspecified atom stereocenters. The highest BCUT2D eigenvalue weighted by Gasteiger charge is 2.38. The molecule has 1 aromatic heterocycles. The number of likely N-dealkylation sites (tertiary alicyclic amines) is 1. The minimum Gasteiger partial charge on any atom is -0.327 e. The van der Waals surface area contributed by atoms with E-state index in [0.29, 0.717) is 12.0 Å². The summed E-state index contributed by atoms with van der Waals surface area (Å²) in [5, 5.41) is 4.28. The molecule has 1 aliphatic carbocycles. The van der Waals surface area contributed by atoms with E-state index in [0.717, 1.165) is 23.5 Å². The van der Waals surface area contributed by atoms with Crippen molar-refractivity contribution in [2.45, 2.75) is 31.8 Å². The second-order valence-electron chi connectivity index (χ2n) is 5.78. The van der Waals surface area contributed by atoms with Gasteiger partial charge in [0.15, 0.2) is 0 Å². The van der Waals surface area contributed by atoms with E-state index in [1.54, 1.807) is 0 Å². The topological polar surface area (TPSA) is 47.1 Å². The van der Waals surface area contributed by atoms with Gasteiger partial charge < -0.3 is 5.73 Å². The highest BCUT2D eigenvalue weighted by molar-refractivity contribution is 9.10. The molecule has 0 bridgehead atoms. The molecule has 0 amide bonds. The summed E-state index contributed by atoms with van der Waals surface area (Å²) in [7, 11) is 2.01. The Hall–Kier alpha value is -0.390. The van der Waals surface area contributed by atoms with Crippen molar-refractivity contribution in [1.29, 1.82) is 0 Å². The Morgan fingerprint density at radius 1 is 1.44 bits per heavy atom. The minimum absolute atomic E-state index is 0.420. The molecular formula is C13H21BrN4. The van der Waals surface area contributed by atoms with Crippen LogP contribution in [0.4, 0.5) is 0 Å². The lowest BCUT2D eigenvalue weighted by Crippen LogP contribution is -2.38. The second-order valence-corrected chi connectivity index (χ2v) is 6.63. The minimum atomic E-state index is 0.420. The maximum Gasteiger partial charge on any atom is 0.0663 e. The Morgan fingerprint density at radius 2 is 2.28 bits per heavy atom. The van der Waals surface area contributed by atoms with Crippen LogP contribution in [0.3, 0.4) is 0 Å². The Bertz CT molecular complexity index is 411. The van der Waals surface area contributed by atoms with E-state index in [4.69, 9.17) is 5.73 Å². The van der Waals surface area contributed by atoms with E-state index in [9.17, 15) is 0 Å². The molecule has 5 heteroatoms. The van der Waals surface area contributed by atoms with E-state index in [1.807, 2.05) is 17.9 Å². The SMILES string of the molecule is Cn1ncc(Br)c1CN1CC2CCCC(N)C2C1. The van der Waals surface area contributed by atoms with Crippen molar-refractivity contribution in [3.63, 3.8) is 0 Å². The van der Waals surface area contributed by atoms with E-state index >= 15 is 0 Å². The number of aryl methyl sites for hydroxylation is 1. The van der Waals surface area contributed by atoms with Crippen LogP contribution in [-0.4, -0.2) is 33.8 Å². The molecule has 1 aliphatic heterocycles. The Labute approximate surface area is 117 Å². The largest absolute Gasteiger partial charge is 0.327 e. The molecule has 18 heavy (non-hydrogen) atoms. The summed E-state index contributed by atoms with van der Waals surface area (Å²) in [6, 6.07) is 0.420. The highest BCUT2D eigenvalue weighted by atomic mass is 79.9. The van der Waals surface area contributed by atoms with Crippen LogP contribution in [0.2, 0.25) is 0 Å². The van der Waals surface area contributed by atoms with Gasteiger partial charge in [-0.05, 0) is 40.6 Å². The third-order valence-corrected chi connectivity index (χ3v) is 5.28. The average Bonchev–Trinajstić information content (AvgIpc) is 2.89. The van der Waals surface area contributed by atoms with Crippen molar-refractivity contribution in [1.82, 2.24) is 14.7 Å². The summed E-state index contributed by atoms with van der Waals surface area (Å²) in [6.45, 7) is 3.34. The normalized spacial score (nSPS) is 32.7. The number of nitrogens with zero attached hydrogens (tertiary/aromatic N) is 3. The molecule has 1 aromatic rings. The van der Waals surface area contributed by atoms with Gasteiger partial charge in [0.05, 0.1) is 16.4 Å². The summed E-state index contributed by atoms with van der Waals surface area (Å²) in [5.74, 6) is 1.53. The Balaban J connectivity index is 1.69. The molecule has 4 nitrogen and oxygen atoms in total. The number of aromatic nitrogens is 2. The number of hydrogen-bond acceptors (Lipinski definition) is 3. The fourth-order valence-corrected chi connectivity index (χ4v) is 4.04. The zero-order chi connectivity index (χ0) is 12.7. The molecule has 1 saturated heterocycles. The standard InChI is InChI=1S/C13H21BrN4/c1-17-13(11(14)5-16-17)8-18-6-9-3-2-4-12(15)10(9)7-18/h5,9-10,12H,2-4,6-8,15H2,1H3. The molecule has 2 heterocycles. The summed E-state index contributed by atoms with van der Waals surface area (Å²) in [6.07, 6.45) is 5.77. The lowest BCUT2D eigenvalue weighted by molar-refractivity contribution is 0.259. The van der Waals surface area contributed by atoms with Gasteiger partial charge in [0.2, 0.25) is 0 Å². The van der Waals surface area contributed by atoms with Gasteiger partial charge in [-0.2, -0.15) is 5.10 Å². The molecule has 100 valence electrons. The van der Waals surface area contributed by atoms with Gasteiger partial charge in [-0.25, -0.2) is 0 Å². The van der Waals surface area contributed by atoms with Crippen LogP contribution in [-0.2, 0) is 13.6 Å². The van der Waals surface area contributed by atoms with Crippen LogP contribution < -0.4 is 5.73 Å².